The summed E-state index contributed by atoms with van der Waals surface area (Å²) in [6, 6.07) is 0. The van der Waals surface area contributed by atoms with E-state index in [1.807, 2.05) is 0 Å². The first-order chi connectivity index (χ1) is 33.0. The third-order valence-electron chi connectivity index (χ3n) is 11.1. The topological polar surface area (TPSA) is 78.9 Å². The highest BCUT2D eigenvalue weighted by Crippen LogP contribution is 2.14. The van der Waals surface area contributed by atoms with Crippen LogP contribution in [0, 0.1) is 0 Å². The SMILES string of the molecule is CC\C=C/C=C\C=C/CCCCCCCCCC(=O)OCC(COC(=O)CCCCCCCC/C=C\C/C=C\C/C=C\C/C=C\CC)OC(=O)CCCCCCCCC\C=C/C=C\C=C/CC. The molecule has 0 aliphatic carbocycles. The molecule has 0 rings (SSSR count). The van der Waals surface area contributed by atoms with Crippen LogP contribution in [0.25, 0.3) is 0 Å². The van der Waals surface area contributed by atoms with Gasteiger partial charge in [-0.3, -0.25) is 14.4 Å². The second kappa shape index (κ2) is 54.4. The van der Waals surface area contributed by atoms with Crippen molar-refractivity contribution in [2.45, 2.75) is 232 Å². The van der Waals surface area contributed by atoms with Crippen molar-refractivity contribution >= 4 is 17.9 Å². The summed E-state index contributed by atoms with van der Waals surface area (Å²) in [7, 11) is 0. The molecule has 0 spiro atoms. The van der Waals surface area contributed by atoms with Gasteiger partial charge in [-0.05, 0) is 96.3 Å². The summed E-state index contributed by atoms with van der Waals surface area (Å²) in [4.78, 5) is 38.1. The minimum absolute atomic E-state index is 0.0974. The average Bonchev–Trinajstić information content (AvgIpc) is 3.33. The third kappa shape index (κ3) is 52.6. The fraction of sp³-hybridized carbons (Fsp3) is 0.623. The molecule has 1 unspecified atom stereocenters. The standard InChI is InChI=1S/C61H98O6/c1-4-7-10-13-16-19-22-25-28-29-30-31-34-36-39-42-45-48-51-54-60(63)66-57-58(67-61(64)55-52-49-46-43-40-37-33-27-24-21-18-15-12-9-6-3)56-65-59(62)53-50-47-44-41-38-35-32-26-23-20-17-14-11-8-5-2/h7-12,14-21,23-25,28,30-31,58H,4-6,13,22,26-27,29,32-57H2,1-3H3/b10-7-,11-8-,12-9-,17-14-,18-15-,19-16-,23-20-,24-21-,28-25-,31-30-. The Bertz CT molecular complexity index is 1440. The molecular formula is C61H98O6. The van der Waals surface area contributed by atoms with Crippen LogP contribution < -0.4 is 0 Å². The van der Waals surface area contributed by atoms with Crippen LogP contribution in [0.4, 0.5) is 0 Å². The highest BCUT2D eigenvalue weighted by Gasteiger charge is 2.19. The first-order valence-corrected chi connectivity index (χ1v) is 27.1. The predicted octanol–water partition coefficient (Wildman–Crippen LogP) is 18.1. The number of esters is 3. The van der Waals surface area contributed by atoms with Gasteiger partial charge >= 0.3 is 17.9 Å². The predicted molar refractivity (Wildman–Crippen MR) is 288 cm³/mol. The van der Waals surface area contributed by atoms with Crippen LogP contribution in [0.5, 0.6) is 0 Å². The van der Waals surface area contributed by atoms with Crippen molar-refractivity contribution in [1.82, 2.24) is 0 Å². The van der Waals surface area contributed by atoms with Crippen molar-refractivity contribution in [2.75, 3.05) is 13.2 Å². The zero-order valence-corrected chi connectivity index (χ0v) is 43.1. The molecule has 0 heterocycles. The number of hydrogen-bond donors (Lipinski definition) is 0. The molecule has 67 heavy (non-hydrogen) atoms. The van der Waals surface area contributed by atoms with Gasteiger partial charge < -0.3 is 14.2 Å². The Morgan fingerprint density at radius 3 is 1.00 bits per heavy atom. The lowest BCUT2D eigenvalue weighted by Gasteiger charge is -2.18. The summed E-state index contributed by atoms with van der Waals surface area (Å²) < 4.78 is 16.8. The summed E-state index contributed by atoms with van der Waals surface area (Å²) in [5, 5.41) is 0. The van der Waals surface area contributed by atoms with Crippen LogP contribution >= 0.6 is 0 Å². The normalized spacial score (nSPS) is 13.1. The lowest BCUT2D eigenvalue weighted by Crippen LogP contribution is -2.30. The molecule has 0 fully saturated rings. The molecule has 0 aliphatic heterocycles. The zero-order valence-electron chi connectivity index (χ0n) is 43.1. The molecule has 1 atom stereocenters. The van der Waals surface area contributed by atoms with Crippen LogP contribution in [-0.2, 0) is 28.6 Å². The second-order valence-corrected chi connectivity index (χ2v) is 17.5. The van der Waals surface area contributed by atoms with Gasteiger partial charge in [-0.2, -0.15) is 0 Å². The zero-order chi connectivity index (χ0) is 48.6. The molecule has 0 aliphatic rings. The van der Waals surface area contributed by atoms with Gasteiger partial charge in [-0.15, -0.1) is 0 Å². The fourth-order valence-corrected chi connectivity index (χ4v) is 7.08. The fourth-order valence-electron chi connectivity index (χ4n) is 7.08. The minimum atomic E-state index is -0.799. The second-order valence-electron chi connectivity index (χ2n) is 17.5. The number of carbonyl (C=O) groups is 3. The molecule has 0 aromatic rings. The summed E-state index contributed by atoms with van der Waals surface area (Å²) in [6.07, 6.45) is 74.6. The van der Waals surface area contributed by atoms with E-state index < -0.39 is 6.10 Å². The van der Waals surface area contributed by atoms with Gasteiger partial charge in [-0.1, -0.05) is 232 Å². The van der Waals surface area contributed by atoms with Crippen LogP contribution in [0.2, 0.25) is 0 Å². The first kappa shape index (κ1) is 62.8. The Kier molecular flexibility index (Phi) is 51.0. The van der Waals surface area contributed by atoms with Crippen molar-refractivity contribution < 1.29 is 28.6 Å². The van der Waals surface area contributed by atoms with Gasteiger partial charge in [0.25, 0.3) is 0 Å². The molecule has 0 N–H and O–H groups in total. The lowest BCUT2D eigenvalue weighted by atomic mass is 10.1. The van der Waals surface area contributed by atoms with E-state index >= 15 is 0 Å². The Morgan fingerprint density at radius 1 is 0.313 bits per heavy atom. The summed E-state index contributed by atoms with van der Waals surface area (Å²) in [5.74, 6) is -0.939. The van der Waals surface area contributed by atoms with E-state index in [1.54, 1.807) is 0 Å². The molecule has 0 saturated heterocycles. The molecule has 0 radical (unpaired) electrons. The van der Waals surface area contributed by atoms with E-state index in [4.69, 9.17) is 14.2 Å². The van der Waals surface area contributed by atoms with E-state index in [0.29, 0.717) is 19.3 Å². The molecule has 0 aromatic carbocycles. The third-order valence-corrected chi connectivity index (χ3v) is 11.1. The van der Waals surface area contributed by atoms with E-state index in [9.17, 15) is 14.4 Å². The lowest BCUT2D eigenvalue weighted by molar-refractivity contribution is -0.167. The number of allylic oxidation sites excluding steroid dienone is 20. The van der Waals surface area contributed by atoms with Crippen molar-refractivity contribution in [3.05, 3.63) is 122 Å². The maximum Gasteiger partial charge on any atom is 0.306 e. The quantitative estimate of drug-likeness (QED) is 0.0199. The Morgan fingerprint density at radius 2 is 0.612 bits per heavy atom. The van der Waals surface area contributed by atoms with E-state index in [2.05, 4.69) is 142 Å². The number of unbranched alkanes of at least 4 members (excludes halogenated alkanes) is 20. The van der Waals surface area contributed by atoms with Gasteiger partial charge in [0.2, 0.25) is 0 Å². The number of rotatable bonds is 47. The van der Waals surface area contributed by atoms with Gasteiger partial charge in [0, 0.05) is 19.3 Å². The van der Waals surface area contributed by atoms with Crippen molar-refractivity contribution in [1.29, 1.82) is 0 Å². The first-order valence-electron chi connectivity index (χ1n) is 27.1. The van der Waals surface area contributed by atoms with Crippen molar-refractivity contribution in [2.24, 2.45) is 0 Å². The number of ether oxygens (including phenoxy) is 3. The van der Waals surface area contributed by atoms with Crippen LogP contribution in [0.3, 0.4) is 0 Å². The summed E-state index contributed by atoms with van der Waals surface area (Å²) in [5.41, 5.74) is 0. The summed E-state index contributed by atoms with van der Waals surface area (Å²) in [6.45, 7) is 6.23. The highest BCUT2D eigenvalue weighted by molar-refractivity contribution is 5.71. The monoisotopic (exact) mass is 927 g/mol. The Hall–Kier alpha value is -4.19. The molecule has 0 amide bonds. The van der Waals surface area contributed by atoms with E-state index in [0.717, 1.165) is 128 Å². The molecular weight excluding hydrogens is 829 g/mol. The Labute approximate surface area is 412 Å². The smallest absolute Gasteiger partial charge is 0.306 e. The molecule has 0 bridgehead atoms. The maximum absolute atomic E-state index is 12.8. The van der Waals surface area contributed by atoms with Gasteiger partial charge in [0.1, 0.15) is 13.2 Å². The van der Waals surface area contributed by atoms with Gasteiger partial charge in [-0.25, -0.2) is 0 Å². The summed E-state index contributed by atoms with van der Waals surface area (Å²) >= 11 is 0. The Balaban J connectivity index is 4.45. The average molecular weight is 927 g/mol. The largest absolute Gasteiger partial charge is 0.462 e. The van der Waals surface area contributed by atoms with Crippen molar-refractivity contribution in [3.63, 3.8) is 0 Å². The number of carbonyl (C=O) groups excluding carboxylic acids is 3. The highest BCUT2D eigenvalue weighted by atomic mass is 16.6. The molecule has 378 valence electrons. The van der Waals surface area contributed by atoms with Gasteiger partial charge in [0.05, 0.1) is 0 Å². The van der Waals surface area contributed by atoms with Crippen LogP contribution in [0.15, 0.2) is 122 Å². The molecule has 6 nitrogen and oxygen atoms in total. The van der Waals surface area contributed by atoms with Crippen LogP contribution in [0.1, 0.15) is 226 Å². The van der Waals surface area contributed by atoms with E-state index in [-0.39, 0.29) is 31.1 Å². The molecule has 0 aromatic heterocycles. The number of hydrogen-bond acceptors (Lipinski definition) is 6. The van der Waals surface area contributed by atoms with Gasteiger partial charge in [0.15, 0.2) is 6.10 Å². The molecule has 6 heteroatoms. The minimum Gasteiger partial charge on any atom is -0.462 e. The maximum atomic E-state index is 12.8. The van der Waals surface area contributed by atoms with E-state index in [1.165, 1.54) is 57.8 Å². The van der Waals surface area contributed by atoms with Crippen molar-refractivity contribution in [3.8, 4) is 0 Å². The van der Waals surface area contributed by atoms with Crippen LogP contribution in [-0.4, -0.2) is 37.2 Å². The molecule has 0 saturated carbocycles.